The van der Waals surface area contributed by atoms with Crippen LogP contribution in [0.4, 0.5) is 11.4 Å². The van der Waals surface area contributed by atoms with E-state index in [1.807, 2.05) is 0 Å². The van der Waals surface area contributed by atoms with Gasteiger partial charge in [0.1, 0.15) is 5.75 Å². The van der Waals surface area contributed by atoms with E-state index in [-0.39, 0.29) is 24.3 Å². The molecule has 7 nitrogen and oxygen atoms in total. The Labute approximate surface area is 163 Å². The van der Waals surface area contributed by atoms with Crippen molar-refractivity contribution in [3.05, 3.63) is 54.1 Å². The van der Waals surface area contributed by atoms with Crippen molar-refractivity contribution in [2.75, 3.05) is 37.5 Å². The van der Waals surface area contributed by atoms with Gasteiger partial charge in [0.15, 0.2) is 0 Å². The predicted octanol–water partition coefficient (Wildman–Crippen LogP) is 2.53. The van der Waals surface area contributed by atoms with Gasteiger partial charge in [0.25, 0.3) is 5.91 Å². The molecule has 2 aromatic carbocycles. The lowest BCUT2D eigenvalue weighted by Crippen LogP contribution is -2.35. The van der Waals surface area contributed by atoms with Gasteiger partial charge in [-0.1, -0.05) is 0 Å². The maximum absolute atomic E-state index is 12.6. The summed E-state index contributed by atoms with van der Waals surface area (Å²) >= 11 is 0. The van der Waals surface area contributed by atoms with E-state index < -0.39 is 0 Å². The van der Waals surface area contributed by atoms with Crippen LogP contribution in [0.5, 0.6) is 5.75 Å². The Morgan fingerprint density at radius 1 is 1.11 bits per heavy atom. The molecule has 3 amide bonds. The summed E-state index contributed by atoms with van der Waals surface area (Å²) in [6.07, 6.45) is 1.41. The zero-order chi connectivity index (χ0) is 20.1. The molecule has 0 unspecified atom stereocenters. The van der Waals surface area contributed by atoms with Crippen molar-refractivity contribution in [2.24, 2.45) is 0 Å². The summed E-state index contributed by atoms with van der Waals surface area (Å²) in [5.74, 6) is 0.250. The fourth-order valence-corrected chi connectivity index (χ4v) is 3.09. The average Bonchev–Trinajstić information content (AvgIpc) is 3.14. The van der Waals surface area contributed by atoms with Crippen LogP contribution in [0.1, 0.15) is 23.2 Å². The van der Waals surface area contributed by atoms with Crippen molar-refractivity contribution in [2.45, 2.75) is 12.8 Å². The first-order chi connectivity index (χ1) is 13.5. The third kappa shape index (κ3) is 4.49. The molecule has 1 aliphatic heterocycles. The molecule has 7 heteroatoms. The molecule has 1 fully saturated rings. The monoisotopic (exact) mass is 381 g/mol. The molecule has 0 spiro atoms. The number of ether oxygens (including phenoxy) is 1. The summed E-state index contributed by atoms with van der Waals surface area (Å²) in [4.78, 5) is 39.6. The molecule has 0 aromatic heterocycles. The topological polar surface area (TPSA) is 79.0 Å². The van der Waals surface area contributed by atoms with Gasteiger partial charge in [0.05, 0.1) is 13.7 Å². The van der Waals surface area contributed by atoms with Gasteiger partial charge in [-0.25, -0.2) is 0 Å². The first-order valence-electron chi connectivity index (χ1n) is 9.08. The molecule has 0 saturated carbocycles. The van der Waals surface area contributed by atoms with Crippen LogP contribution in [0.25, 0.3) is 0 Å². The molecule has 0 atom stereocenters. The summed E-state index contributed by atoms with van der Waals surface area (Å²) < 4.78 is 5.08. The molecule has 2 aromatic rings. The number of benzene rings is 2. The van der Waals surface area contributed by atoms with Gasteiger partial charge in [0.2, 0.25) is 11.8 Å². The first kappa shape index (κ1) is 19.4. The van der Waals surface area contributed by atoms with Gasteiger partial charge >= 0.3 is 0 Å². The Morgan fingerprint density at radius 3 is 2.36 bits per heavy atom. The largest absolute Gasteiger partial charge is 0.497 e. The van der Waals surface area contributed by atoms with E-state index in [1.54, 1.807) is 67.6 Å². The van der Waals surface area contributed by atoms with Crippen LogP contribution in [0.2, 0.25) is 0 Å². The molecule has 1 aliphatic rings. The quantitative estimate of drug-likeness (QED) is 0.834. The van der Waals surface area contributed by atoms with Gasteiger partial charge in [-0.3, -0.25) is 14.4 Å². The Balaban J connectivity index is 1.57. The van der Waals surface area contributed by atoms with Gasteiger partial charge in [-0.05, 0) is 55.0 Å². The minimum Gasteiger partial charge on any atom is -0.497 e. The van der Waals surface area contributed by atoms with E-state index in [9.17, 15) is 14.4 Å². The van der Waals surface area contributed by atoms with E-state index in [0.717, 1.165) is 12.1 Å². The number of carbonyl (C=O) groups is 3. The second-order valence-electron chi connectivity index (χ2n) is 6.63. The summed E-state index contributed by atoms with van der Waals surface area (Å²) in [7, 11) is 3.15. The van der Waals surface area contributed by atoms with E-state index in [1.165, 1.54) is 4.90 Å². The second kappa shape index (κ2) is 8.56. The molecule has 1 saturated heterocycles. The number of likely N-dealkylation sites (N-methyl/N-ethyl adjacent to an activating group) is 1. The number of nitrogens with one attached hydrogen (secondary N) is 1. The molecule has 0 radical (unpaired) electrons. The summed E-state index contributed by atoms with van der Waals surface area (Å²) in [5, 5.41) is 2.75. The van der Waals surface area contributed by atoms with Crippen LogP contribution in [-0.2, 0) is 9.59 Å². The summed E-state index contributed by atoms with van der Waals surface area (Å²) in [6, 6.07) is 13.9. The van der Waals surface area contributed by atoms with Crippen LogP contribution >= 0.6 is 0 Å². The summed E-state index contributed by atoms with van der Waals surface area (Å²) in [5.41, 5.74) is 1.89. The van der Waals surface area contributed by atoms with Crippen LogP contribution in [0, 0.1) is 0 Å². The number of anilines is 2. The zero-order valence-electron chi connectivity index (χ0n) is 16.0. The third-order valence-corrected chi connectivity index (χ3v) is 4.60. The minimum absolute atomic E-state index is 0.0722. The minimum atomic E-state index is -0.291. The highest BCUT2D eigenvalue weighted by Crippen LogP contribution is 2.22. The first-order valence-corrected chi connectivity index (χ1v) is 9.08. The highest BCUT2D eigenvalue weighted by Gasteiger charge is 2.22. The molecule has 0 bridgehead atoms. The van der Waals surface area contributed by atoms with Crippen molar-refractivity contribution < 1.29 is 19.1 Å². The normalized spacial score (nSPS) is 13.4. The van der Waals surface area contributed by atoms with Crippen molar-refractivity contribution in [3.63, 3.8) is 0 Å². The molecule has 3 rings (SSSR count). The van der Waals surface area contributed by atoms with Gasteiger partial charge in [0, 0.05) is 37.0 Å². The standard InChI is InChI=1S/C21H23N3O4/c1-23(14-19(25)22-16-7-11-18(28-2)12-8-16)21(27)15-5-9-17(10-6-15)24-13-3-4-20(24)26/h5-12H,3-4,13-14H2,1-2H3,(H,22,25). The molecule has 146 valence electrons. The maximum Gasteiger partial charge on any atom is 0.254 e. The fourth-order valence-electron chi connectivity index (χ4n) is 3.09. The third-order valence-electron chi connectivity index (χ3n) is 4.60. The zero-order valence-corrected chi connectivity index (χ0v) is 16.0. The van der Waals surface area contributed by atoms with Gasteiger partial charge in [-0.15, -0.1) is 0 Å². The van der Waals surface area contributed by atoms with Crippen LogP contribution in [0.15, 0.2) is 48.5 Å². The molecular weight excluding hydrogens is 358 g/mol. The maximum atomic E-state index is 12.6. The number of amides is 3. The van der Waals surface area contributed by atoms with Crippen LogP contribution < -0.4 is 15.0 Å². The van der Waals surface area contributed by atoms with Crippen molar-refractivity contribution in [1.29, 1.82) is 0 Å². The van der Waals surface area contributed by atoms with Crippen molar-refractivity contribution >= 4 is 29.1 Å². The van der Waals surface area contributed by atoms with E-state index in [0.29, 0.717) is 30.0 Å². The Morgan fingerprint density at radius 2 is 1.79 bits per heavy atom. The second-order valence-corrected chi connectivity index (χ2v) is 6.63. The SMILES string of the molecule is COc1ccc(NC(=O)CN(C)C(=O)c2ccc(N3CCCC3=O)cc2)cc1. The molecule has 28 heavy (non-hydrogen) atoms. The van der Waals surface area contributed by atoms with E-state index in [4.69, 9.17) is 4.74 Å². The number of methoxy groups -OCH3 is 1. The number of hydrogen-bond donors (Lipinski definition) is 1. The molecule has 1 heterocycles. The Bertz CT molecular complexity index is 862. The van der Waals surface area contributed by atoms with E-state index >= 15 is 0 Å². The lowest BCUT2D eigenvalue weighted by atomic mass is 10.1. The van der Waals surface area contributed by atoms with Crippen molar-refractivity contribution in [1.82, 2.24) is 4.90 Å². The molecule has 0 aliphatic carbocycles. The molecular formula is C21H23N3O4. The fraction of sp³-hybridized carbons (Fsp3) is 0.286. The number of rotatable bonds is 6. The van der Waals surface area contributed by atoms with Crippen molar-refractivity contribution in [3.8, 4) is 5.75 Å². The highest BCUT2D eigenvalue weighted by molar-refractivity contribution is 6.00. The predicted molar refractivity (Wildman–Crippen MR) is 107 cm³/mol. The molecule has 1 N–H and O–H groups in total. The lowest BCUT2D eigenvalue weighted by Gasteiger charge is -2.19. The average molecular weight is 381 g/mol. The van der Waals surface area contributed by atoms with Gasteiger partial charge < -0.3 is 19.9 Å². The summed E-state index contributed by atoms with van der Waals surface area (Å²) in [6.45, 7) is 0.634. The lowest BCUT2D eigenvalue weighted by molar-refractivity contribution is -0.117. The highest BCUT2D eigenvalue weighted by atomic mass is 16.5. The van der Waals surface area contributed by atoms with Crippen LogP contribution in [0.3, 0.4) is 0 Å². The van der Waals surface area contributed by atoms with Crippen LogP contribution in [-0.4, -0.2) is 49.9 Å². The van der Waals surface area contributed by atoms with E-state index in [2.05, 4.69) is 5.32 Å². The number of carbonyl (C=O) groups excluding carboxylic acids is 3. The van der Waals surface area contributed by atoms with Gasteiger partial charge in [-0.2, -0.15) is 0 Å². The Hall–Kier alpha value is -3.35. The number of nitrogens with zero attached hydrogens (tertiary/aromatic N) is 2. The Kier molecular flexibility index (Phi) is 5.93. The smallest absolute Gasteiger partial charge is 0.254 e. The number of hydrogen-bond acceptors (Lipinski definition) is 4.